The summed E-state index contributed by atoms with van der Waals surface area (Å²) in [4.78, 5) is 15.3. The summed E-state index contributed by atoms with van der Waals surface area (Å²) in [5.41, 5.74) is 7.12. The number of carbonyl (C=O) groups is 1. The number of rotatable bonds is 6. The van der Waals surface area contributed by atoms with Crippen molar-refractivity contribution in [2.75, 3.05) is 26.3 Å². The van der Waals surface area contributed by atoms with Crippen LogP contribution < -0.4 is 5.73 Å². The summed E-state index contributed by atoms with van der Waals surface area (Å²) in [6.07, 6.45) is 5.35. The third-order valence-electron chi connectivity index (χ3n) is 5.63. The Labute approximate surface area is 157 Å². The average Bonchev–Trinajstić information content (AvgIpc) is 3.11. The van der Waals surface area contributed by atoms with E-state index >= 15 is 0 Å². The molecule has 2 aliphatic rings. The second kappa shape index (κ2) is 10.1. The molecular weight excluding hydrogens is 336 g/mol. The molecule has 1 aliphatic carbocycles. The van der Waals surface area contributed by atoms with Crippen molar-refractivity contribution in [1.29, 1.82) is 0 Å². The Morgan fingerprint density at radius 1 is 1.12 bits per heavy atom. The summed E-state index contributed by atoms with van der Waals surface area (Å²) < 4.78 is 5.47. The van der Waals surface area contributed by atoms with E-state index in [0.717, 1.165) is 51.9 Å². The van der Waals surface area contributed by atoms with E-state index < -0.39 is 0 Å². The van der Waals surface area contributed by atoms with Crippen LogP contribution in [-0.2, 0) is 16.1 Å². The van der Waals surface area contributed by atoms with Crippen LogP contribution in [0.1, 0.15) is 37.7 Å². The normalized spacial score (nSPS) is 23.9. The van der Waals surface area contributed by atoms with Gasteiger partial charge in [-0.3, -0.25) is 4.79 Å². The second-order valence-electron chi connectivity index (χ2n) is 7.29. The van der Waals surface area contributed by atoms with Crippen LogP contribution in [0.5, 0.6) is 0 Å². The van der Waals surface area contributed by atoms with Crippen LogP contribution >= 0.6 is 12.4 Å². The molecule has 140 valence electrons. The number of ether oxygens (including phenoxy) is 1. The van der Waals surface area contributed by atoms with E-state index in [9.17, 15) is 4.79 Å². The number of halogens is 1. The fourth-order valence-electron chi connectivity index (χ4n) is 4.16. The minimum Gasteiger partial charge on any atom is -0.381 e. The summed E-state index contributed by atoms with van der Waals surface area (Å²) in [7, 11) is 0. The van der Waals surface area contributed by atoms with Crippen LogP contribution in [0.25, 0.3) is 0 Å². The number of hydrogen-bond donors (Lipinski definition) is 1. The Morgan fingerprint density at radius 3 is 2.52 bits per heavy atom. The molecule has 25 heavy (non-hydrogen) atoms. The molecule has 1 aliphatic heterocycles. The van der Waals surface area contributed by atoms with Crippen LogP contribution in [0.4, 0.5) is 0 Å². The van der Waals surface area contributed by atoms with Crippen LogP contribution in [0, 0.1) is 17.8 Å². The fraction of sp³-hybridized carbons (Fsp3) is 0.650. The zero-order valence-electron chi connectivity index (χ0n) is 14.9. The van der Waals surface area contributed by atoms with Crippen molar-refractivity contribution < 1.29 is 9.53 Å². The quantitative estimate of drug-likeness (QED) is 0.840. The van der Waals surface area contributed by atoms with Gasteiger partial charge in [-0.2, -0.15) is 0 Å². The minimum absolute atomic E-state index is 0. The van der Waals surface area contributed by atoms with Crippen molar-refractivity contribution in [2.24, 2.45) is 23.5 Å². The van der Waals surface area contributed by atoms with Crippen molar-refractivity contribution in [3.63, 3.8) is 0 Å². The van der Waals surface area contributed by atoms with Gasteiger partial charge in [-0.1, -0.05) is 36.8 Å². The lowest BCUT2D eigenvalue weighted by atomic mass is 9.93. The molecule has 0 unspecified atom stereocenters. The molecule has 1 saturated carbocycles. The molecule has 2 atom stereocenters. The molecule has 1 aromatic carbocycles. The Kier molecular flexibility index (Phi) is 8.20. The second-order valence-corrected chi connectivity index (χ2v) is 7.29. The first kappa shape index (κ1) is 20.2. The highest BCUT2D eigenvalue weighted by Gasteiger charge is 2.35. The lowest BCUT2D eigenvalue weighted by molar-refractivity contribution is -0.138. The minimum atomic E-state index is 0. The summed E-state index contributed by atoms with van der Waals surface area (Å²) in [5, 5.41) is 0. The van der Waals surface area contributed by atoms with Gasteiger partial charge in [0.25, 0.3) is 0 Å². The van der Waals surface area contributed by atoms with Crippen molar-refractivity contribution in [3.05, 3.63) is 35.9 Å². The largest absolute Gasteiger partial charge is 0.381 e. The van der Waals surface area contributed by atoms with Crippen LogP contribution in [0.2, 0.25) is 0 Å². The van der Waals surface area contributed by atoms with Gasteiger partial charge >= 0.3 is 0 Å². The Morgan fingerprint density at radius 2 is 1.84 bits per heavy atom. The predicted molar refractivity (Wildman–Crippen MR) is 103 cm³/mol. The van der Waals surface area contributed by atoms with Gasteiger partial charge in [0.05, 0.1) is 0 Å². The maximum absolute atomic E-state index is 13.2. The molecule has 3 rings (SSSR count). The van der Waals surface area contributed by atoms with E-state index in [1.54, 1.807) is 0 Å². The van der Waals surface area contributed by atoms with Gasteiger partial charge in [-0.05, 0) is 49.6 Å². The topological polar surface area (TPSA) is 55.6 Å². The fourth-order valence-corrected chi connectivity index (χ4v) is 4.16. The van der Waals surface area contributed by atoms with Gasteiger partial charge < -0.3 is 15.4 Å². The Balaban J connectivity index is 0.00000225. The van der Waals surface area contributed by atoms with Crippen molar-refractivity contribution in [3.8, 4) is 0 Å². The molecule has 0 aromatic heterocycles. The Bertz CT molecular complexity index is 520. The van der Waals surface area contributed by atoms with E-state index in [-0.39, 0.29) is 18.3 Å². The van der Waals surface area contributed by atoms with Gasteiger partial charge in [0.15, 0.2) is 0 Å². The molecule has 1 saturated heterocycles. The van der Waals surface area contributed by atoms with Crippen molar-refractivity contribution in [1.82, 2.24) is 4.90 Å². The summed E-state index contributed by atoms with van der Waals surface area (Å²) >= 11 is 0. The average molecular weight is 367 g/mol. The van der Waals surface area contributed by atoms with Gasteiger partial charge in [0, 0.05) is 32.2 Å². The monoisotopic (exact) mass is 366 g/mol. The molecule has 1 aromatic rings. The van der Waals surface area contributed by atoms with Crippen molar-refractivity contribution >= 4 is 18.3 Å². The van der Waals surface area contributed by atoms with Crippen LogP contribution in [0.15, 0.2) is 30.3 Å². The van der Waals surface area contributed by atoms with Crippen LogP contribution in [-0.4, -0.2) is 37.1 Å². The number of amides is 1. The first-order chi connectivity index (χ1) is 11.8. The van der Waals surface area contributed by atoms with Gasteiger partial charge in [0.1, 0.15) is 0 Å². The molecule has 0 spiro atoms. The number of benzene rings is 1. The number of carbonyl (C=O) groups excluding carboxylic acids is 1. The molecule has 2 N–H and O–H groups in total. The van der Waals surface area contributed by atoms with Crippen LogP contribution in [0.3, 0.4) is 0 Å². The summed E-state index contributed by atoms with van der Waals surface area (Å²) in [5.74, 6) is 1.37. The van der Waals surface area contributed by atoms with E-state index in [1.807, 2.05) is 18.2 Å². The highest BCUT2D eigenvalue weighted by Crippen LogP contribution is 2.33. The first-order valence-electron chi connectivity index (χ1n) is 9.38. The lowest BCUT2D eigenvalue weighted by Gasteiger charge is -2.33. The van der Waals surface area contributed by atoms with E-state index in [2.05, 4.69) is 17.0 Å². The van der Waals surface area contributed by atoms with Gasteiger partial charge in [0.2, 0.25) is 5.91 Å². The van der Waals surface area contributed by atoms with Gasteiger partial charge in [-0.15, -0.1) is 12.4 Å². The SMILES string of the molecule is Cl.NC[C@H]1CCC[C@H]1C(=O)N(Cc1ccccc1)CC1CCOCC1. The number of hydrogen-bond acceptors (Lipinski definition) is 3. The molecule has 0 bridgehead atoms. The Hall–Kier alpha value is -1.10. The molecule has 1 amide bonds. The highest BCUT2D eigenvalue weighted by molar-refractivity contribution is 5.85. The molecule has 4 nitrogen and oxygen atoms in total. The van der Waals surface area contributed by atoms with E-state index in [0.29, 0.717) is 30.8 Å². The standard InChI is InChI=1S/C20H30N2O2.ClH/c21-13-18-7-4-8-19(18)20(23)22(14-16-5-2-1-3-6-16)15-17-9-11-24-12-10-17;/h1-3,5-6,17-19H,4,7-15,21H2;1H/t18-,19-;/m1./s1. The maximum atomic E-state index is 13.2. The highest BCUT2D eigenvalue weighted by atomic mass is 35.5. The zero-order valence-corrected chi connectivity index (χ0v) is 15.8. The van der Waals surface area contributed by atoms with Crippen molar-refractivity contribution in [2.45, 2.75) is 38.6 Å². The molecule has 1 heterocycles. The molecule has 0 radical (unpaired) electrons. The predicted octanol–water partition coefficient (Wildman–Crippen LogP) is 3.24. The van der Waals surface area contributed by atoms with Gasteiger partial charge in [-0.25, -0.2) is 0 Å². The lowest BCUT2D eigenvalue weighted by Crippen LogP contribution is -2.42. The molecular formula is C20H31ClN2O2. The summed E-state index contributed by atoms with van der Waals surface area (Å²) in [6.45, 7) is 3.85. The maximum Gasteiger partial charge on any atom is 0.226 e. The number of nitrogens with zero attached hydrogens (tertiary/aromatic N) is 1. The third kappa shape index (κ3) is 5.44. The zero-order chi connectivity index (χ0) is 16.8. The van der Waals surface area contributed by atoms with E-state index in [1.165, 1.54) is 5.56 Å². The smallest absolute Gasteiger partial charge is 0.226 e. The molecule has 5 heteroatoms. The third-order valence-corrected chi connectivity index (χ3v) is 5.63. The molecule has 2 fully saturated rings. The number of nitrogens with two attached hydrogens (primary N) is 1. The van der Waals surface area contributed by atoms with E-state index in [4.69, 9.17) is 10.5 Å². The first-order valence-corrected chi connectivity index (χ1v) is 9.38. The summed E-state index contributed by atoms with van der Waals surface area (Å²) in [6, 6.07) is 10.3.